The minimum atomic E-state index is -0.749. The Morgan fingerprint density at radius 2 is 1.90 bits per heavy atom. The quantitative estimate of drug-likeness (QED) is 0.894. The number of halogens is 3. The molecule has 2 aromatic rings. The summed E-state index contributed by atoms with van der Waals surface area (Å²) in [4.78, 5) is 0. The van der Waals surface area contributed by atoms with Crippen LogP contribution in [-0.4, -0.2) is 5.11 Å². The van der Waals surface area contributed by atoms with Crippen LogP contribution in [-0.2, 0) is 6.61 Å². The third-order valence-electron chi connectivity index (χ3n) is 2.83. The average Bonchev–Trinajstić information content (AvgIpc) is 2.40. The molecule has 1 atom stereocenters. The molecule has 0 fully saturated rings. The van der Waals surface area contributed by atoms with Crippen LogP contribution in [0.1, 0.15) is 24.2 Å². The Hall–Kier alpha value is -1.46. The van der Waals surface area contributed by atoms with E-state index in [9.17, 15) is 13.9 Å². The Labute approximate surface area is 124 Å². The number of rotatable bonds is 4. The van der Waals surface area contributed by atoms with Gasteiger partial charge in [-0.2, -0.15) is 0 Å². The first-order valence-corrected chi connectivity index (χ1v) is 6.81. The van der Waals surface area contributed by atoms with Crippen LogP contribution in [0.5, 0.6) is 5.75 Å². The van der Waals surface area contributed by atoms with Crippen LogP contribution in [0.4, 0.5) is 8.78 Å². The monoisotopic (exact) mass is 342 g/mol. The molecule has 5 heteroatoms. The first-order valence-electron chi connectivity index (χ1n) is 6.01. The van der Waals surface area contributed by atoms with Crippen LogP contribution in [0.15, 0.2) is 40.9 Å². The maximum atomic E-state index is 13.8. The fourth-order valence-electron chi connectivity index (χ4n) is 1.70. The molecular formula is C15H13BrF2O2. The van der Waals surface area contributed by atoms with Gasteiger partial charge in [0, 0.05) is 10.0 Å². The summed E-state index contributed by atoms with van der Waals surface area (Å²) in [7, 11) is 0. The van der Waals surface area contributed by atoms with Gasteiger partial charge in [-0.15, -0.1) is 0 Å². The van der Waals surface area contributed by atoms with E-state index in [0.717, 1.165) is 4.47 Å². The molecule has 0 aliphatic carbocycles. The van der Waals surface area contributed by atoms with Crippen molar-refractivity contribution in [3.63, 3.8) is 0 Å². The molecular weight excluding hydrogens is 330 g/mol. The normalized spacial score (nSPS) is 12.2. The highest BCUT2D eigenvalue weighted by Crippen LogP contribution is 2.24. The largest absolute Gasteiger partial charge is 0.486 e. The van der Waals surface area contributed by atoms with E-state index in [1.165, 1.54) is 18.2 Å². The number of aliphatic hydroxyl groups is 1. The third-order valence-corrected chi connectivity index (χ3v) is 3.32. The number of hydrogen-bond acceptors (Lipinski definition) is 2. The van der Waals surface area contributed by atoms with Gasteiger partial charge in [0.15, 0.2) is 11.6 Å². The lowest BCUT2D eigenvalue weighted by Gasteiger charge is -2.10. The van der Waals surface area contributed by atoms with Crippen molar-refractivity contribution in [2.75, 3.05) is 0 Å². The predicted molar refractivity (Wildman–Crippen MR) is 75.5 cm³/mol. The highest BCUT2D eigenvalue weighted by Gasteiger charge is 2.09. The Morgan fingerprint density at radius 1 is 1.15 bits per heavy atom. The van der Waals surface area contributed by atoms with Gasteiger partial charge < -0.3 is 9.84 Å². The zero-order valence-corrected chi connectivity index (χ0v) is 12.3. The SMILES string of the molecule is CC(O)c1ccc(OCc2cc(Br)ccc2F)c(F)c1. The van der Waals surface area contributed by atoms with E-state index >= 15 is 0 Å². The zero-order valence-electron chi connectivity index (χ0n) is 10.7. The zero-order chi connectivity index (χ0) is 14.7. The topological polar surface area (TPSA) is 29.5 Å². The van der Waals surface area contributed by atoms with Crippen molar-refractivity contribution in [1.82, 2.24) is 0 Å². The van der Waals surface area contributed by atoms with E-state index in [1.807, 2.05) is 0 Å². The Bertz CT molecular complexity index is 615. The van der Waals surface area contributed by atoms with Crippen LogP contribution in [0.2, 0.25) is 0 Å². The molecule has 1 unspecified atom stereocenters. The lowest BCUT2D eigenvalue weighted by atomic mass is 10.1. The fourth-order valence-corrected chi connectivity index (χ4v) is 2.11. The number of hydrogen-bond donors (Lipinski definition) is 1. The second-order valence-electron chi connectivity index (χ2n) is 4.39. The Kier molecular flexibility index (Phi) is 4.73. The Morgan fingerprint density at radius 3 is 2.55 bits per heavy atom. The van der Waals surface area contributed by atoms with Crippen LogP contribution in [0.3, 0.4) is 0 Å². The van der Waals surface area contributed by atoms with Gasteiger partial charge in [0.1, 0.15) is 12.4 Å². The molecule has 0 amide bonds. The van der Waals surface area contributed by atoms with Crippen molar-refractivity contribution in [3.05, 3.63) is 63.6 Å². The molecule has 0 aliphatic heterocycles. The number of benzene rings is 2. The molecule has 0 radical (unpaired) electrons. The summed E-state index contributed by atoms with van der Waals surface area (Å²) in [6.45, 7) is 1.47. The number of ether oxygens (including phenoxy) is 1. The summed E-state index contributed by atoms with van der Waals surface area (Å²) in [5.41, 5.74) is 0.793. The van der Waals surface area contributed by atoms with E-state index in [-0.39, 0.29) is 12.4 Å². The molecule has 1 N–H and O–H groups in total. The molecule has 106 valence electrons. The van der Waals surface area contributed by atoms with Crippen molar-refractivity contribution in [2.45, 2.75) is 19.6 Å². The molecule has 0 saturated heterocycles. The highest BCUT2D eigenvalue weighted by molar-refractivity contribution is 9.10. The lowest BCUT2D eigenvalue weighted by molar-refractivity contribution is 0.198. The predicted octanol–water partition coefficient (Wildman–Crippen LogP) is 4.36. The van der Waals surface area contributed by atoms with Gasteiger partial charge in [-0.05, 0) is 42.8 Å². The first-order chi connectivity index (χ1) is 9.47. The van der Waals surface area contributed by atoms with E-state index in [4.69, 9.17) is 4.74 Å². The molecule has 0 aliphatic rings. The third kappa shape index (κ3) is 3.55. The van der Waals surface area contributed by atoms with Gasteiger partial charge >= 0.3 is 0 Å². The summed E-state index contributed by atoms with van der Waals surface area (Å²) >= 11 is 3.24. The van der Waals surface area contributed by atoms with Gasteiger partial charge in [-0.1, -0.05) is 22.0 Å². The van der Waals surface area contributed by atoms with Crippen LogP contribution >= 0.6 is 15.9 Å². The lowest BCUT2D eigenvalue weighted by Crippen LogP contribution is -2.01. The average molecular weight is 343 g/mol. The van der Waals surface area contributed by atoms with E-state index in [2.05, 4.69) is 15.9 Å². The molecule has 0 heterocycles. The summed E-state index contributed by atoms with van der Waals surface area (Å²) < 4.78 is 33.3. The fraction of sp³-hybridized carbons (Fsp3) is 0.200. The minimum Gasteiger partial charge on any atom is -0.486 e. The van der Waals surface area contributed by atoms with Gasteiger partial charge in [-0.3, -0.25) is 0 Å². The number of aliphatic hydroxyl groups excluding tert-OH is 1. The van der Waals surface area contributed by atoms with Crippen molar-refractivity contribution >= 4 is 15.9 Å². The summed E-state index contributed by atoms with van der Waals surface area (Å²) in [5.74, 6) is -0.971. The first kappa shape index (κ1) is 14.9. The molecule has 0 bridgehead atoms. The van der Waals surface area contributed by atoms with Gasteiger partial charge in [-0.25, -0.2) is 8.78 Å². The molecule has 0 saturated carbocycles. The molecule has 2 rings (SSSR count). The van der Waals surface area contributed by atoms with Crippen molar-refractivity contribution < 1.29 is 18.6 Å². The summed E-state index contributed by atoms with van der Waals surface area (Å²) in [6, 6.07) is 8.68. The minimum absolute atomic E-state index is 0.0220. The van der Waals surface area contributed by atoms with Gasteiger partial charge in [0.05, 0.1) is 6.10 Å². The maximum absolute atomic E-state index is 13.8. The van der Waals surface area contributed by atoms with Gasteiger partial charge in [0.2, 0.25) is 0 Å². The second kappa shape index (κ2) is 6.33. The standard InChI is InChI=1S/C15H13BrF2O2/c1-9(19)10-2-5-15(14(18)7-10)20-8-11-6-12(16)3-4-13(11)17/h2-7,9,19H,8H2,1H3. The van der Waals surface area contributed by atoms with E-state index in [1.54, 1.807) is 25.1 Å². The van der Waals surface area contributed by atoms with Crippen LogP contribution < -0.4 is 4.74 Å². The highest BCUT2D eigenvalue weighted by atomic mass is 79.9. The molecule has 2 nitrogen and oxygen atoms in total. The molecule has 0 spiro atoms. The smallest absolute Gasteiger partial charge is 0.165 e. The van der Waals surface area contributed by atoms with Crippen molar-refractivity contribution in [2.24, 2.45) is 0 Å². The molecule has 0 aromatic heterocycles. The van der Waals surface area contributed by atoms with E-state index < -0.39 is 17.7 Å². The summed E-state index contributed by atoms with van der Waals surface area (Å²) in [6.07, 6.45) is -0.749. The van der Waals surface area contributed by atoms with E-state index in [0.29, 0.717) is 11.1 Å². The molecule has 2 aromatic carbocycles. The second-order valence-corrected chi connectivity index (χ2v) is 5.31. The maximum Gasteiger partial charge on any atom is 0.165 e. The van der Waals surface area contributed by atoms with Crippen molar-refractivity contribution in [3.8, 4) is 5.75 Å². The van der Waals surface area contributed by atoms with Crippen molar-refractivity contribution in [1.29, 1.82) is 0 Å². The van der Waals surface area contributed by atoms with Crippen LogP contribution in [0.25, 0.3) is 0 Å². The molecule has 20 heavy (non-hydrogen) atoms. The summed E-state index contributed by atoms with van der Waals surface area (Å²) in [5, 5.41) is 9.35. The van der Waals surface area contributed by atoms with Gasteiger partial charge in [0.25, 0.3) is 0 Å². The Balaban J connectivity index is 2.13. The van der Waals surface area contributed by atoms with Crippen LogP contribution in [0, 0.1) is 11.6 Å².